The van der Waals surface area contributed by atoms with Gasteiger partial charge >= 0.3 is 0 Å². The van der Waals surface area contributed by atoms with E-state index in [9.17, 15) is 9.18 Å². The summed E-state index contributed by atoms with van der Waals surface area (Å²) >= 11 is 3.24. The summed E-state index contributed by atoms with van der Waals surface area (Å²) in [6, 6.07) is 5.01. The van der Waals surface area contributed by atoms with E-state index in [1.165, 1.54) is 6.07 Å². The number of carbonyl (C=O) groups excluding carboxylic acids is 1. The first-order chi connectivity index (χ1) is 7.68. The largest absolute Gasteiger partial charge is 0.299 e. The molecule has 1 unspecified atom stereocenters. The lowest BCUT2D eigenvalue weighted by Crippen LogP contribution is -2.21. The Kier molecular flexibility index (Phi) is 3.74. The number of rotatable bonds is 2. The van der Waals surface area contributed by atoms with Crippen LogP contribution in [-0.4, -0.2) is 5.78 Å². The summed E-state index contributed by atoms with van der Waals surface area (Å²) in [7, 11) is 0. The van der Waals surface area contributed by atoms with Crippen molar-refractivity contribution in [2.24, 2.45) is 5.92 Å². The Morgan fingerprint density at radius 1 is 1.38 bits per heavy atom. The maximum absolute atomic E-state index is 13.3. The van der Waals surface area contributed by atoms with Crippen molar-refractivity contribution >= 4 is 21.7 Å². The van der Waals surface area contributed by atoms with E-state index in [0.717, 1.165) is 24.8 Å². The van der Waals surface area contributed by atoms with Gasteiger partial charge in [-0.2, -0.15) is 0 Å². The van der Waals surface area contributed by atoms with Gasteiger partial charge in [-0.3, -0.25) is 4.79 Å². The molecule has 0 radical (unpaired) electrons. The molecule has 0 bridgehead atoms. The van der Waals surface area contributed by atoms with E-state index in [1.54, 1.807) is 6.07 Å². The van der Waals surface area contributed by atoms with Crippen molar-refractivity contribution in [3.8, 4) is 0 Å². The second-order valence-electron chi connectivity index (χ2n) is 4.33. The molecule has 0 N–H and O–H groups in total. The minimum Gasteiger partial charge on any atom is -0.299 e. The molecule has 0 heterocycles. The molecule has 16 heavy (non-hydrogen) atoms. The van der Waals surface area contributed by atoms with Crippen molar-refractivity contribution in [1.82, 2.24) is 0 Å². The summed E-state index contributed by atoms with van der Waals surface area (Å²) < 4.78 is 13.8. The van der Waals surface area contributed by atoms with Crippen LogP contribution in [-0.2, 0) is 11.2 Å². The fourth-order valence-corrected chi connectivity index (χ4v) is 2.67. The molecule has 0 aromatic heterocycles. The fraction of sp³-hybridized carbons (Fsp3) is 0.462. The molecular formula is C13H14BrFO. The quantitative estimate of drug-likeness (QED) is 0.805. The van der Waals surface area contributed by atoms with Crippen molar-refractivity contribution in [2.45, 2.75) is 32.1 Å². The minimum absolute atomic E-state index is 0.0897. The van der Waals surface area contributed by atoms with Crippen LogP contribution < -0.4 is 0 Å². The second-order valence-corrected chi connectivity index (χ2v) is 5.12. The van der Waals surface area contributed by atoms with E-state index in [-0.39, 0.29) is 11.7 Å². The van der Waals surface area contributed by atoms with Crippen LogP contribution in [0.2, 0.25) is 0 Å². The Labute approximate surface area is 103 Å². The third-order valence-electron chi connectivity index (χ3n) is 3.18. The first-order valence-corrected chi connectivity index (χ1v) is 6.43. The molecule has 0 amide bonds. The summed E-state index contributed by atoms with van der Waals surface area (Å²) in [5.74, 6) is 0.176. The molecule has 1 aliphatic rings. The van der Waals surface area contributed by atoms with E-state index in [1.807, 2.05) is 6.07 Å². The predicted octanol–water partition coefficient (Wildman–Crippen LogP) is 3.89. The Balaban J connectivity index is 2.14. The zero-order chi connectivity index (χ0) is 11.5. The summed E-state index contributed by atoms with van der Waals surface area (Å²) in [4.78, 5) is 11.7. The van der Waals surface area contributed by atoms with Crippen LogP contribution in [0.4, 0.5) is 4.39 Å². The molecular weight excluding hydrogens is 271 g/mol. The second kappa shape index (κ2) is 5.09. The first kappa shape index (κ1) is 11.8. The van der Waals surface area contributed by atoms with Crippen molar-refractivity contribution in [3.05, 3.63) is 34.1 Å². The highest BCUT2D eigenvalue weighted by Gasteiger charge is 2.23. The lowest BCUT2D eigenvalue weighted by Gasteiger charge is -2.20. The number of hydrogen-bond donors (Lipinski definition) is 0. The zero-order valence-corrected chi connectivity index (χ0v) is 10.6. The third kappa shape index (κ3) is 2.51. The molecule has 1 nitrogen and oxygen atoms in total. The topological polar surface area (TPSA) is 17.1 Å². The van der Waals surface area contributed by atoms with Crippen LogP contribution in [0.5, 0.6) is 0 Å². The number of ketones is 1. The molecule has 1 aromatic carbocycles. The SMILES string of the molecule is O=C1CCCCC1Cc1cccc(F)c1Br. The molecule has 1 aliphatic carbocycles. The Bertz CT molecular complexity index is 403. The van der Waals surface area contributed by atoms with Crippen LogP contribution in [0.25, 0.3) is 0 Å². The number of halogens is 2. The van der Waals surface area contributed by atoms with Crippen molar-refractivity contribution < 1.29 is 9.18 Å². The van der Waals surface area contributed by atoms with E-state index in [2.05, 4.69) is 15.9 Å². The van der Waals surface area contributed by atoms with Crippen molar-refractivity contribution in [1.29, 1.82) is 0 Å². The van der Waals surface area contributed by atoms with Gasteiger partial charge < -0.3 is 0 Å². The van der Waals surface area contributed by atoms with E-state index in [4.69, 9.17) is 0 Å². The minimum atomic E-state index is -0.249. The van der Waals surface area contributed by atoms with Crippen LogP contribution in [0.3, 0.4) is 0 Å². The summed E-state index contributed by atoms with van der Waals surface area (Å²) in [5.41, 5.74) is 0.903. The molecule has 2 rings (SSSR count). The smallest absolute Gasteiger partial charge is 0.137 e. The molecule has 0 spiro atoms. The van der Waals surface area contributed by atoms with Gasteiger partial charge in [0.1, 0.15) is 11.6 Å². The van der Waals surface area contributed by atoms with Crippen molar-refractivity contribution in [2.75, 3.05) is 0 Å². The summed E-state index contributed by atoms with van der Waals surface area (Å²) in [6.45, 7) is 0. The van der Waals surface area contributed by atoms with Crippen LogP contribution in [0, 0.1) is 11.7 Å². The molecule has 3 heteroatoms. The molecule has 0 aliphatic heterocycles. The maximum Gasteiger partial charge on any atom is 0.137 e. The standard InChI is InChI=1S/C13H14BrFO/c14-13-10(5-3-6-11(13)15)8-9-4-1-2-7-12(9)16/h3,5-6,9H,1-2,4,7-8H2. The van der Waals surface area contributed by atoms with Gasteiger partial charge in [-0.15, -0.1) is 0 Å². The lowest BCUT2D eigenvalue weighted by molar-refractivity contribution is -0.124. The summed E-state index contributed by atoms with van der Waals surface area (Å²) in [5, 5.41) is 0. The highest BCUT2D eigenvalue weighted by Crippen LogP contribution is 2.28. The van der Waals surface area contributed by atoms with E-state index >= 15 is 0 Å². The van der Waals surface area contributed by atoms with Gasteiger partial charge in [0.05, 0.1) is 4.47 Å². The average Bonchev–Trinajstić information content (AvgIpc) is 2.28. The van der Waals surface area contributed by atoms with Crippen LogP contribution in [0.1, 0.15) is 31.2 Å². The molecule has 0 saturated heterocycles. The van der Waals surface area contributed by atoms with Gasteiger partial charge in [0.15, 0.2) is 0 Å². The van der Waals surface area contributed by atoms with Crippen LogP contribution in [0.15, 0.2) is 22.7 Å². The number of Topliss-reactive ketones (excluding diaryl/α,β-unsaturated/α-hetero) is 1. The third-order valence-corrected chi connectivity index (χ3v) is 4.07. The summed E-state index contributed by atoms with van der Waals surface area (Å²) in [6.07, 6.45) is 4.43. The molecule has 1 saturated carbocycles. The maximum atomic E-state index is 13.3. The molecule has 1 aromatic rings. The Morgan fingerprint density at radius 2 is 2.19 bits per heavy atom. The van der Waals surface area contributed by atoms with Gasteiger partial charge in [0.2, 0.25) is 0 Å². The fourth-order valence-electron chi connectivity index (χ4n) is 2.24. The highest BCUT2D eigenvalue weighted by atomic mass is 79.9. The Morgan fingerprint density at radius 3 is 2.94 bits per heavy atom. The van der Waals surface area contributed by atoms with Crippen molar-refractivity contribution in [3.63, 3.8) is 0 Å². The van der Waals surface area contributed by atoms with Gasteiger partial charge in [-0.1, -0.05) is 18.6 Å². The highest BCUT2D eigenvalue weighted by molar-refractivity contribution is 9.10. The van der Waals surface area contributed by atoms with Gasteiger partial charge in [-0.25, -0.2) is 4.39 Å². The monoisotopic (exact) mass is 284 g/mol. The number of carbonyl (C=O) groups is 1. The van der Waals surface area contributed by atoms with Gasteiger partial charge in [-0.05, 0) is 46.8 Å². The van der Waals surface area contributed by atoms with Crippen LogP contribution >= 0.6 is 15.9 Å². The van der Waals surface area contributed by atoms with Gasteiger partial charge in [0.25, 0.3) is 0 Å². The lowest BCUT2D eigenvalue weighted by atomic mass is 9.84. The molecule has 86 valence electrons. The van der Waals surface area contributed by atoms with E-state index < -0.39 is 0 Å². The Hall–Kier alpha value is -0.700. The number of hydrogen-bond acceptors (Lipinski definition) is 1. The van der Waals surface area contributed by atoms with E-state index in [0.29, 0.717) is 23.1 Å². The predicted molar refractivity (Wildman–Crippen MR) is 64.8 cm³/mol. The zero-order valence-electron chi connectivity index (χ0n) is 9.01. The average molecular weight is 285 g/mol. The number of benzene rings is 1. The van der Waals surface area contributed by atoms with Gasteiger partial charge in [0, 0.05) is 12.3 Å². The first-order valence-electron chi connectivity index (χ1n) is 5.64. The molecule has 1 atom stereocenters. The normalized spacial score (nSPS) is 21.1. The molecule has 1 fully saturated rings.